The van der Waals surface area contributed by atoms with Crippen molar-refractivity contribution in [1.82, 2.24) is 4.90 Å². The fourth-order valence-electron chi connectivity index (χ4n) is 3.70. The maximum Gasteiger partial charge on any atom is 0.337 e. The Morgan fingerprint density at radius 3 is 2.26 bits per heavy atom. The molecule has 6 heteroatoms. The van der Waals surface area contributed by atoms with Crippen LogP contribution in [0.1, 0.15) is 11.1 Å². The van der Waals surface area contributed by atoms with Gasteiger partial charge in [0.15, 0.2) is 6.10 Å². The van der Waals surface area contributed by atoms with Crippen molar-refractivity contribution < 1.29 is 23.8 Å². The number of methoxy groups -OCH3 is 1. The first-order chi connectivity index (χ1) is 13.2. The molecule has 140 valence electrons. The number of esters is 1. The van der Waals surface area contributed by atoms with E-state index in [0.29, 0.717) is 13.0 Å². The Balaban J connectivity index is 1.66. The molecule has 4 atom stereocenters. The van der Waals surface area contributed by atoms with E-state index < -0.39 is 24.5 Å². The Bertz CT molecular complexity index is 810. The molecule has 0 N–H and O–H groups in total. The number of nitrogens with zero attached hydrogens (tertiary/aromatic N) is 1. The molecule has 2 aromatic rings. The summed E-state index contributed by atoms with van der Waals surface area (Å²) in [7, 11) is 1.31. The molecule has 0 spiro atoms. The van der Waals surface area contributed by atoms with Crippen molar-refractivity contribution in [3.05, 3.63) is 71.8 Å². The van der Waals surface area contributed by atoms with Crippen LogP contribution in [0, 0.1) is 0 Å². The van der Waals surface area contributed by atoms with E-state index in [2.05, 4.69) is 0 Å². The minimum absolute atomic E-state index is 0.262. The number of carbonyl (C=O) groups is 2. The topological polar surface area (TPSA) is 65.1 Å². The highest BCUT2D eigenvalue weighted by Gasteiger charge is 2.55. The van der Waals surface area contributed by atoms with Crippen molar-refractivity contribution in [2.75, 3.05) is 7.11 Å². The predicted octanol–water partition coefficient (Wildman–Crippen LogP) is 1.92. The Labute approximate surface area is 157 Å². The van der Waals surface area contributed by atoms with Crippen LogP contribution < -0.4 is 0 Å². The smallest absolute Gasteiger partial charge is 0.337 e. The standard InChI is InChI=1S/C21H21NO5/c1-25-20(24)18-17-16(12-14-8-4-2-5-9-14)22(19(23)21(26-17)27-18)13-15-10-6-3-7-11-15/h2-11,16-18,21H,12-13H2,1H3/t16-,17-,18-,21+/m0/s1. The van der Waals surface area contributed by atoms with E-state index in [-0.39, 0.29) is 11.9 Å². The molecule has 1 amide bonds. The number of carbonyl (C=O) groups excluding carboxylic acids is 2. The second kappa shape index (κ2) is 7.50. The molecule has 2 aliphatic heterocycles. The minimum atomic E-state index is -1.06. The summed E-state index contributed by atoms with van der Waals surface area (Å²) in [5, 5.41) is 0. The minimum Gasteiger partial charge on any atom is -0.467 e. The molecule has 6 nitrogen and oxygen atoms in total. The van der Waals surface area contributed by atoms with Gasteiger partial charge in [-0.05, 0) is 17.5 Å². The second-order valence-corrected chi connectivity index (χ2v) is 6.72. The van der Waals surface area contributed by atoms with Crippen LogP contribution in [-0.4, -0.2) is 48.4 Å². The van der Waals surface area contributed by atoms with Gasteiger partial charge in [0.2, 0.25) is 6.29 Å². The summed E-state index contributed by atoms with van der Waals surface area (Å²) >= 11 is 0. The molecule has 27 heavy (non-hydrogen) atoms. The van der Waals surface area contributed by atoms with E-state index in [1.165, 1.54) is 7.11 Å². The third kappa shape index (κ3) is 3.46. The fraction of sp³-hybridized carbons (Fsp3) is 0.333. The molecule has 0 saturated carbocycles. The maximum atomic E-state index is 13.0. The average molecular weight is 367 g/mol. The van der Waals surface area contributed by atoms with Crippen molar-refractivity contribution in [3.8, 4) is 0 Å². The van der Waals surface area contributed by atoms with Gasteiger partial charge in [0.05, 0.1) is 13.2 Å². The lowest BCUT2D eigenvalue weighted by molar-refractivity contribution is -0.179. The number of morpholine rings is 1. The van der Waals surface area contributed by atoms with Crippen LogP contribution in [0.2, 0.25) is 0 Å². The Morgan fingerprint density at radius 2 is 1.63 bits per heavy atom. The third-order valence-corrected chi connectivity index (χ3v) is 5.03. The zero-order valence-electron chi connectivity index (χ0n) is 15.0. The molecule has 2 heterocycles. The summed E-state index contributed by atoms with van der Waals surface area (Å²) < 4.78 is 16.2. The van der Waals surface area contributed by atoms with Gasteiger partial charge < -0.3 is 19.1 Å². The predicted molar refractivity (Wildman–Crippen MR) is 96.5 cm³/mol. The Morgan fingerprint density at radius 1 is 1.00 bits per heavy atom. The number of rotatable bonds is 5. The van der Waals surface area contributed by atoms with Gasteiger partial charge in [-0.3, -0.25) is 4.79 Å². The lowest BCUT2D eigenvalue weighted by Gasteiger charge is -2.39. The maximum absolute atomic E-state index is 13.0. The largest absolute Gasteiger partial charge is 0.467 e. The van der Waals surface area contributed by atoms with Crippen molar-refractivity contribution in [2.24, 2.45) is 0 Å². The summed E-state index contributed by atoms with van der Waals surface area (Å²) in [6.07, 6.45) is -1.97. The molecule has 2 bridgehead atoms. The molecule has 2 aromatic carbocycles. The molecule has 2 saturated heterocycles. The molecular formula is C21H21NO5. The monoisotopic (exact) mass is 367 g/mol. The molecule has 0 aliphatic carbocycles. The van der Waals surface area contributed by atoms with E-state index in [9.17, 15) is 9.59 Å². The van der Waals surface area contributed by atoms with Crippen LogP contribution in [0.4, 0.5) is 0 Å². The van der Waals surface area contributed by atoms with Crippen LogP contribution in [0.15, 0.2) is 60.7 Å². The summed E-state index contributed by atoms with van der Waals surface area (Å²) in [6, 6.07) is 19.3. The zero-order valence-corrected chi connectivity index (χ0v) is 15.0. The highest BCUT2D eigenvalue weighted by molar-refractivity contribution is 5.84. The van der Waals surface area contributed by atoms with E-state index in [0.717, 1.165) is 11.1 Å². The van der Waals surface area contributed by atoms with Gasteiger partial charge in [0, 0.05) is 6.54 Å². The summed E-state index contributed by atoms with van der Waals surface area (Å²) in [6.45, 7) is 0.435. The number of benzene rings is 2. The Hall–Kier alpha value is -2.70. The number of fused-ring (bicyclic) bond motifs is 2. The van der Waals surface area contributed by atoms with Crippen molar-refractivity contribution in [3.63, 3.8) is 0 Å². The molecule has 2 fully saturated rings. The van der Waals surface area contributed by atoms with Crippen LogP contribution in [0.25, 0.3) is 0 Å². The first-order valence-electron chi connectivity index (χ1n) is 8.94. The van der Waals surface area contributed by atoms with Crippen LogP contribution in [0.5, 0.6) is 0 Å². The van der Waals surface area contributed by atoms with Crippen molar-refractivity contribution in [2.45, 2.75) is 37.5 Å². The lowest BCUT2D eigenvalue weighted by Crippen LogP contribution is -2.57. The highest BCUT2D eigenvalue weighted by Crippen LogP contribution is 2.34. The number of hydrogen-bond acceptors (Lipinski definition) is 5. The normalized spacial score (nSPS) is 26.9. The fourth-order valence-corrected chi connectivity index (χ4v) is 3.70. The molecule has 0 radical (unpaired) electrons. The number of amides is 1. The first-order valence-corrected chi connectivity index (χ1v) is 8.94. The SMILES string of the molecule is COC(=O)[C@H]1O[C@H]2O[C@H]1[C@H](Cc1ccccc1)N(Cc1ccccc1)C2=O. The van der Waals surface area contributed by atoms with E-state index in [1.54, 1.807) is 4.90 Å². The lowest BCUT2D eigenvalue weighted by atomic mass is 9.95. The van der Waals surface area contributed by atoms with Gasteiger partial charge in [-0.2, -0.15) is 0 Å². The van der Waals surface area contributed by atoms with E-state index >= 15 is 0 Å². The first kappa shape index (κ1) is 17.7. The summed E-state index contributed by atoms with van der Waals surface area (Å²) in [5.74, 6) is -0.780. The van der Waals surface area contributed by atoms with Gasteiger partial charge in [-0.15, -0.1) is 0 Å². The molecule has 4 rings (SSSR count). The van der Waals surface area contributed by atoms with Gasteiger partial charge >= 0.3 is 5.97 Å². The molecular weight excluding hydrogens is 346 g/mol. The van der Waals surface area contributed by atoms with Crippen LogP contribution >= 0.6 is 0 Å². The van der Waals surface area contributed by atoms with Crippen LogP contribution in [-0.2, 0) is 36.8 Å². The van der Waals surface area contributed by atoms with Gasteiger partial charge in [0.1, 0.15) is 6.10 Å². The molecule has 0 aromatic heterocycles. The quantitative estimate of drug-likeness (QED) is 0.756. The van der Waals surface area contributed by atoms with Gasteiger partial charge in [-0.1, -0.05) is 60.7 Å². The second-order valence-electron chi connectivity index (χ2n) is 6.72. The summed E-state index contributed by atoms with van der Waals surface area (Å²) in [4.78, 5) is 26.9. The van der Waals surface area contributed by atoms with E-state index in [4.69, 9.17) is 14.2 Å². The van der Waals surface area contributed by atoms with Crippen molar-refractivity contribution in [1.29, 1.82) is 0 Å². The Kier molecular flexibility index (Phi) is 4.92. The summed E-state index contributed by atoms with van der Waals surface area (Å²) in [5.41, 5.74) is 2.07. The highest BCUT2D eigenvalue weighted by atomic mass is 16.8. The average Bonchev–Trinajstić information content (AvgIpc) is 3.12. The third-order valence-electron chi connectivity index (χ3n) is 5.03. The van der Waals surface area contributed by atoms with Crippen LogP contribution in [0.3, 0.4) is 0 Å². The zero-order chi connectivity index (χ0) is 18.8. The van der Waals surface area contributed by atoms with Gasteiger partial charge in [0.25, 0.3) is 5.91 Å². The molecule has 2 aliphatic rings. The number of hydrogen-bond donors (Lipinski definition) is 0. The van der Waals surface area contributed by atoms with Gasteiger partial charge in [-0.25, -0.2) is 4.79 Å². The molecule has 0 unspecified atom stereocenters. The number of ether oxygens (including phenoxy) is 3. The van der Waals surface area contributed by atoms with Crippen molar-refractivity contribution >= 4 is 11.9 Å². The van der Waals surface area contributed by atoms with E-state index in [1.807, 2.05) is 60.7 Å².